The lowest BCUT2D eigenvalue weighted by atomic mass is 10.1. The molecule has 0 amide bonds. The molecule has 2 heterocycles. The number of aliphatic hydroxyl groups is 1. The van der Waals surface area contributed by atoms with Gasteiger partial charge in [0.25, 0.3) is 0 Å². The molecule has 1 N–H and O–H groups in total. The van der Waals surface area contributed by atoms with Crippen LogP contribution in [-0.4, -0.2) is 25.1 Å². The second-order valence-electron chi connectivity index (χ2n) is 4.50. The molecule has 0 radical (unpaired) electrons. The van der Waals surface area contributed by atoms with Crippen molar-refractivity contribution in [2.24, 2.45) is 0 Å². The van der Waals surface area contributed by atoms with Crippen LogP contribution in [0.2, 0.25) is 0 Å². The molecule has 0 spiro atoms. The summed E-state index contributed by atoms with van der Waals surface area (Å²) >= 11 is 0. The molecule has 5 heteroatoms. The van der Waals surface area contributed by atoms with Crippen LogP contribution in [-0.2, 0) is 0 Å². The van der Waals surface area contributed by atoms with E-state index in [4.69, 9.17) is 0 Å². The van der Waals surface area contributed by atoms with Crippen LogP contribution in [0.25, 0.3) is 5.69 Å². The second kappa shape index (κ2) is 5.22. The van der Waals surface area contributed by atoms with Crippen molar-refractivity contribution in [3.8, 4) is 5.69 Å². The van der Waals surface area contributed by atoms with Crippen LogP contribution in [0.4, 0.5) is 0 Å². The highest BCUT2D eigenvalue weighted by atomic mass is 16.3. The number of para-hydroxylation sites is 1. The fraction of sp³-hybridized carbons (Fsp3) is 0.133. The maximum atomic E-state index is 10.4. The molecule has 3 rings (SSSR count). The summed E-state index contributed by atoms with van der Waals surface area (Å²) < 4.78 is 1.72. The molecule has 0 aliphatic heterocycles. The van der Waals surface area contributed by atoms with Gasteiger partial charge in [0.15, 0.2) is 0 Å². The number of pyridine rings is 1. The SMILES string of the molecule is Cc1c(C(O)c2cccnc2)nnn1-c1ccccc1. The van der Waals surface area contributed by atoms with Gasteiger partial charge in [0, 0.05) is 18.0 Å². The zero-order chi connectivity index (χ0) is 13.9. The molecule has 100 valence electrons. The molecule has 5 nitrogen and oxygen atoms in total. The molecule has 1 atom stereocenters. The molecule has 0 fully saturated rings. The quantitative estimate of drug-likeness (QED) is 0.788. The Kier molecular flexibility index (Phi) is 3.26. The Bertz CT molecular complexity index is 694. The zero-order valence-corrected chi connectivity index (χ0v) is 11.0. The topological polar surface area (TPSA) is 63.8 Å². The standard InChI is InChI=1S/C15H14N4O/c1-11-14(15(20)12-6-5-9-16-10-12)17-18-19(11)13-7-3-2-4-8-13/h2-10,15,20H,1H3. The first-order valence-corrected chi connectivity index (χ1v) is 6.33. The van der Waals surface area contributed by atoms with Crippen LogP contribution >= 0.6 is 0 Å². The van der Waals surface area contributed by atoms with Crippen molar-refractivity contribution >= 4 is 0 Å². The Balaban J connectivity index is 1.99. The van der Waals surface area contributed by atoms with Crippen LogP contribution in [0, 0.1) is 6.92 Å². The summed E-state index contributed by atoms with van der Waals surface area (Å²) in [5, 5.41) is 18.6. The molecule has 0 bridgehead atoms. The molecule has 1 unspecified atom stereocenters. The summed E-state index contributed by atoms with van der Waals surface area (Å²) in [5.41, 5.74) is 2.98. The largest absolute Gasteiger partial charge is 0.382 e. The minimum atomic E-state index is -0.818. The van der Waals surface area contributed by atoms with E-state index in [1.165, 1.54) is 0 Å². The monoisotopic (exact) mass is 266 g/mol. The van der Waals surface area contributed by atoms with Gasteiger partial charge in [-0.25, -0.2) is 4.68 Å². The highest BCUT2D eigenvalue weighted by Gasteiger charge is 2.19. The summed E-state index contributed by atoms with van der Waals surface area (Å²) in [4.78, 5) is 4.01. The summed E-state index contributed by atoms with van der Waals surface area (Å²) in [5.74, 6) is 0. The van der Waals surface area contributed by atoms with Crippen molar-refractivity contribution in [3.63, 3.8) is 0 Å². The van der Waals surface area contributed by atoms with Crippen LogP contribution < -0.4 is 0 Å². The van der Waals surface area contributed by atoms with Gasteiger partial charge in [-0.05, 0) is 25.1 Å². The van der Waals surface area contributed by atoms with Gasteiger partial charge in [0.05, 0.1) is 11.4 Å². The lowest BCUT2D eigenvalue weighted by Crippen LogP contribution is -2.04. The first-order valence-electron chi connectivity index (χ1n) is 6.33. The number of aromatic nitrogens is 4. The number of rotatable bonds is 3. The van der Waals surface area contributed by atoms with Crippen molar-refractivity contribution in [3.05, 3.63) is 71.8 Å². The molecule has 2 aromatic heterocycles. The molecule has 3 aromatic rings. The molecular weight excluding hydrogens is 252 g/mol. The van der Waals surface area contributed by atoms with E-state index < -0.39 is 6.10 Å². The Morgan fingerprint density at radius 3 is 2.60 bits per heavy atom. The van der Waals surface area contributed by atoms with Gasteiger partial charge < -0.3 is 5.11 Å². The molecular formula is C15H14N4O. The van der Waals surface area contributed by atoms with E-state index in [-0.39, 0.29) is 0 Å². The van der Waals surface area contributed by atoms with E-state index in [9.17, 15) is 5.11 Å². The Hall–Kier alpha value is -2.53. The molecule has 1 aromatic carbocycles. The first-order chi connectivity index (χ1) is 9.77. The summed E-state index contributed by atoms with van der Waals surface area (Å²) in [6.45, 7) is 1.89. The molecule has 0 saturated heterocycles. The van der Waals surface area contributed by atoms with Crippen molar-refractivity contribution < 1.29 is 5.11 Å². The lowest BCUT2D eigenvalue weighted by molar-refractivity contribution is 0.214. The number of benzene rings is 1. The Labute approximate surface area is 116 Å². The molecule has 0 aliphatic carbocycles. The molecule has 0 aliphatic rings. The van der Waals surface area contributed by atoms with E-state index in [1.807, 2.05) is 43.3 Å². The highest BCUT2D eigenvalue weighted by Crippen LogP contribution is 2.23. The number of nitrogens with zero attached hydrogens (tertiary/aromatic N) is 4. The van der Waals surface area contributed by atoms with Gasteiger partial charge in [-0.2, -0.15) is 0 Å². The van der Waals surface area contributed by atoms with Crippen molar-refractivity contribution in [1.29, 1.82) is 0 Å². The van der Waals surface area contributed by atoms with Gasteiger partial charge in [-0.1, -0.05) is 29.5 Å². The third-order valence-corrected chi connectivity index (χ3v) is 3.19. The predicted octanol–water partition coefficient (Wildman–Crippen LogP) is 2.05. The number of aliphatic hydroxyl groups excluding tert-OH is 1. The fourth-order valence-corrected chi connectivity index (χ4v) is 2.10. The first kappa shape index (κ1) is 12.5. The maximum Gasteiger partial charge on any atom is 0.126 e. The van der Waals surface area contributed by atoms with Gasteiger partial charge in [-0.3, -0.25) is 4.98 Å². The predicted molar refractivity (Wildman–Crippen MR) is 74.4 cm³/mol. The van der Waals surface area contributed by atoms with Crippen molar-refractivity contribution in [1.82, 2.24) is 20.0 Å². The summed E-state index contributed by atoms with van der Waals surface area (Å²) in [6.07, 6.45) is 2.48. The summed E-state index contributed by atoms with van der Waals surface area (Å²) in [6, 6.07) is 13.3. The van der Waals surface area contributed by atoms with E-state index in [2.05, 4.69) is 15.3 Å². The van der Waals surface area contributed by atoms with E-state index in [0.717, 1.165) is 11.4 Å². The van der Waals surface area contributed by atoms with Crippen LogP contribution in [0.15, 0.2) is 54.9 Å². The van der Waals surface area contributed by atoms with Crippen LogP contribution in [0.5, 0.6) is 0 Å². The van der Waals surface area contributed by atoms with Gasteiger partial charge in [0.2, 0.25) is 0 Å². The zero-order valence-electron chi connectivity index (χ0n) is 11.0. The van der Waals surface area contributed by atoms with Gasteiger partial charge in [-0.15, -0.1) is 5.10 Å². The Morgan fingerprint density at radius 2 is 1.90 bits per heavy atom. The van der Waals surface area contributed by atoms with Crippen molar-refractivity contribution in [2.45, 2.75) is 13.0 Å². The summed E-state index contributed by atoms with van der Waals surface area (Å²) in [7, 11) is 0. The van der Waals surface area contributed by atoms with E-state index in [0.29, 0.717) is 11.3 Å². The molecule has 20 heavy (non-hydrogen) atoms. The number of hydrogen-bond donors (Lipinski definition) is 1. The minimum absolute atomic E-state index is 0.543. The van der Waals surface area contributed by atoms with E-state index in [1.54, 1.807) is 23.1 Å². The van der Waals surface area contributed by atoms with E-state index >= 15 is 0 Å². The third kappa shape index (κ3) is 2.19. The van der Waals surface area contributed by atoms with Crippen LogP contribution in [0.3, 0.4) is 0 Å². The average molecular weight is 266 g/mol. The van der Waals surface area contributed by atoms with Crippen molar-refractivity contribution in [2.75, 3.05) is 0 Å². The Morgan fingerprint density at radius 1 is 1.10 bits per heavy atom. The lowest BCUT2D eigenvalue weighted by Gasteiger charge is -2.09. The van der Waals surface area contributed by atoms with Gasteiger partial charge in [0.1, 0.15) is 11.8 Å². The van der Waals surface area contributed by atoms with Crippen LogP contribution in [0.1, 0.15) is 23.1 Å². The second-order valence-corrected chi connectivity index (χ2v) is 4.50. The minimum Gasteiger partial charge on any atom is -0.382 e. The maximum absolute atomic E-state index is 10.4. The van der Waals surface area contributed by atoms with Gasteiger partial charge >= 0.3 is 0 Å². The molecule has 0 saturated carbocycles. The normalized spacial score (nSPS) is 12.3. The average Bonchev–Trinajstić information content (AvgIpc) is 2.90. The third-order valence-electron chi connectivity index (χ3n) is 3.19. The fourth-order valence-electron chi connectivity index (χ4n) is 2.10. The smallest absolute Gasteiger partial charge is 0.126 e. The number of hydrogen-bond acceptors (Lipinski definition) is 4. The highest BCUT2D eigenvalue weighted by molar-refractivity contribution is 5.34.